The maximum absolute atomic E-state index is 12.3. The number of carbonyl (C=O) groups excluding carboxylic acids is 2. The number of hydrogen-bond donors (Lipinski definition) is 1. The molecule has 2 aromatic rings. The molecule has 2 amide bonds. The zero-order valence-electron chi connectivity index (χ0n) is 10.1. The van der Waals surface area contributed by atoms with Crippen LogP contribution in [0.15, 0.2) is 30.7 Å². The highest BCUT2D eigenvalue weighted by molar-refractivity contribution is 6.34. The van der Waals surface area contributed by atoms with Crippen LogP contribution in [0.25, 0.3) is 0 Å². The minimum Gasteiger partial charge on any atom is -0.397 e. The van der Waals surface area contributed by atoms with Gasteiger partial charge in [-0.05, 0) is 24.6 Å². The van der Waals surface area contributed by atoms with Crippen LogP contribution in [0.5, 0.6) is 0 Å². The molecule has 2 aromatic heterocycles. The van der Waals surface area contributed by atoms with Gasteiger partial charge in [0, 0.05) is 12.4 Å². The zero-order chi connectivity index (χ0) is 13.6. The highest BCUT2D eigenvalue weighted by atomic mass is 16.2. The molecule has 0 unspecified atom stereocenters. The van der Waals surface area contributed by atoms with Gasteiger partial charge in [-0.15, -0.1) is 0 Å². The molecule has 1 aliphatic heterocycles. The second-order valence-corrected chi connectivity index (χ2v) is 4.28. The Bertz CT molecular complexity index is 677. The summed E-state index contributed by atoms with van der Waals surface area (Å²) in [6.07, 6.45) is 4.29. The molecule has 0 radical (unpaired) electrons. The number of nitrogens with zero attached hydrogens (tertiary/aromatic N) is 3. The molecule has 19 heavy (non-hydrogen) atoms. The van der Waals surface area contributed by atoms with Crippen LogP contribution in [-0.2, 0) is 0 Å². The number of imide groups is 1. The van der Waals surface area contributed by atoms with Gasteiger partial charge in [0.15, 0.2) is 0 Å². The van der Waals surface area contributed by atoms with Gasteiger partial charge in [-0.1, -0.05) is 0 Å². The molecule has 0 saturated carbocycles. The fraction of sp³-hybridized carbons (Fsp3) is 0.0769. The van der Waals surface area contributed by atoms with E-state index in [2.05, 4.69) is 9.97 Å². The number of pyridine rings is 2. The second-order valence-electron chi connectivity index (χ2n) is 4.28. The van der Waals surface area contributed by atoms with E-state index in [1.54, 1.807) is 13.0 Å². The topological polar surface area (TPSA) is 89.2 Å². The number of aryl methyl sites for hydroxylation is 1. The summed E-state index contributed by atoms with van der Waals surface area (Å²) in [5, 5.41) is 0. The van der Waals surface area contributed by atoms with Gasteiger partial charge in [0.25, 0.3) is 11.8 Å². The Morgan fingerprint density at radius 1 is 1.16 bits per heavy atom. The molecule has 6 heteroatoms. The molecule has 0 aliphatic carbocycles. The molecule has 2 N–H and O–H groups in total. The summed E-state index contributed by atoms with van der Waals surface area (Å²) in [4.78, 5) is 33.5. The molecule has 0 bridgehead atoms. The Balaban J connectivity index is 2.14. The average Bonchev–Trinajstić information content (AvgIpc) is 2.64. The fourth-order valence-corrected chi connectivity index (χ4v) is 2.10. The molecule has 1 aliphatic rings. The summed E-state index contributed by atoms with van der Waals surface area (Å²) in [6, 6.07) is 3.20. The summed E-state index contributed by atoms with van der Waals surface area (Å²) in [5.41, 5.74) is 7.42. The van der Waals surface area contributed by atoms with Crippen molar-refractivity contribution in [3.8, 4) is 0 Å². The predicted molar refractivity (Wildman–Crippen MR) is 68.8 cm³/mol. The van der Waals surface area contributed by atoms with Crippen molar-refractivity contribution in [2.45, 2.75) is 6.92 Å². The van der Waals surface area contributed by atoms with Gasteiger partial charge in [-0.25, -0.2) is 9.88 Å². The van der Waals surface area contributed by atoms with Crippen molar-refractivity contribution in [3.63, 3.8) is 0 Å². The molecular formula is C13H10N4O2. The third-order valence-electron chi connectivity index (χ3n) is 2.97. The van der Waals surface area contributed by atoms with E-state index < -0.39 is 5.91 Å². The number of fused-ring (bicyclic) bond motifs is 1. The lowest BCUT2D eigenvalue weighted by molar-refractivity contribution is 0.0925. The number of anilines is 2. The predicted octanol–water partition coefficient (Wildman–Crippen LogP) is 1.17. The Kier molecular flexibility index (Phi) is 2.31. The van der Waals surface area contributed by atoms with Crippen LogP contribution in [0.4, 0.5) is 11.5 Å². The third kappa shape index (κ3) is 1.57. The van der Waals surface area contributed by atoms with Crippen molar-refractivity contribution in [1.29, 1.82) is 0 Å². The van der Waals surface area contributed by atoms with Gasteiger partial charge < -0.3 is 5.73 Å². The minimum atomic E-state index is -0.409. The number of rotatable bonds is 1. The van der Waals surface area contributed by atoms with Crippen molar-refractivity contribution >= 4 is 23.3 Å². The molecule has 0 fully saturated rings. The van der Waals surface area contributed by atoms with Crippen molar-refractivity contribution in [1.82, 2.24) is 9.97 Å². The molecule has 0 atom stereocenters. The van der Waals surface area contributed by atoms with Crippen molar-refractivity contribution in [2.24, 2.45) is 0 Å². The van der Waals surface area contributed by atoms with Crippen LogP contribution in [0.1, 0.15) is 26.3 Å². The van der Waals surface area contributed by atoms with Gasteiger partial charge in [0.05, 0.1) is 23.0 Å². The van der Waals surface area contributed by atoms with Gasteiger partial charge in [-0.3, -0.25) is 14.6 Å². The molecule has 6 nitrogen and oxygen atoms in total. The lowest BCUT2D eigenvalue weighted by Gasteiger charge is -2.15. The molecule has 94 valence electrons. The van der Waals surface area contributed by atoms with Crippen LogP contribution in [0.3, 0.4) is 0 Å². The molecular weight excluding hydrogens is 244 g/mol. The summed E-state index contributed by atoms with van der Waals surface area (Å²) < 4.78 is 0. The van der Waals surface area contributed by atoms with Crippen molar-refractivity contribution in [3.05, 3.63) is 47.4 Å². The first-order valence-electron chi connectivity index (χ1n) is 5.64. The minimum absolute atomic E-state index is 0.297. The normalized spacial score (nSPS) is 13.8. The van der Waals surface area contributed by atoms with Gasteiger partial charge in [0.2, 0.25) is 0 Å². The van der Waals surface area contributed by atoms with Crippen LogP contribution < -0.4 is 10.6 Å². The summed E-state index contributed by atoms with van der Waals surface area (Å²) >= 11 is 0. The Labute approximate surface area is 108 Å². The van der Waals surface area contributed by atoms with Crippen molar-refractivity contribution in [2.75, 3.05) is 10.6 Å². The first kappa shape index (κ1) is 11.3. The SMILES string of the molecule is Cc1cc(N)cnc1N1C(=O)c2ccncc2C1=O. The van der Waals surface area contributed by atoms with Crippen LogP contribution in [-0.4, -0.2) is 21.8 Å². The number of carbonyl (C=O) groups is 2. The fourth-order valence-electron chi connectivity index (χ4n) is 2.10. The number of aromatic nitrogens is 2. The average molecular weight is 254 g/mol. The molecule has 3 heterocycles. The Morgan fingerprint density at radius 3 is 2.58 bits per heavy atom. The highest BCUT2D eigenvalue weighted by Crippen LogP contribution is 2.28. The van der Waals surface area contributed by atoms with E-state index in [1.165, 1.54) is 24.7 Å². The lowest BCUT2D eigenvalue weighted by atomic mass is 10.2. The van der Waals surface area contributed by atoms with E-state index in [0.717, 1.165) is 4.90 Å². The summed E-state index contributed by atoms with van der Waals surface area (Å²) in [6.45, 7) is 1.75. The van der Waals surface area contributed by atoms with Gasteiger partial charge >= 0.3 is 0 Å². The van der Waals surface area contributed by atoms with Gasteiger partial charge in [-0.2, -0.15) is 0 Å². The number of nitrogens with two attached hydrogens (primary N) is 1. The van der Waals surface area contributed by atoms with E-state index in [1.807, 2.05) is 0 Å². The van der Waals surface area contributed by atoms with Crippen LogP contribution in [0, 0.1) is 6.92 Å². The van der Waals surface area contributed by atoms with Crippen molar-refractivity contribution < 1.29 is 9.59 Å². The second kappa shape index (κ2) is 3.88. The van der Waals surface area contributed by atoms with Gasteiger partial charge in [0.1, 0.15) is 5.82 Å². The highest BCUT2D eigenvalue weighted by Gasteiger charge is 2.38. The van der Waals surface area contributed by atoms with E-state index in [4.69, 9.17) is 5.73 Å². The van der Waals surface area contributed by atoms with Crippen LogP contribution in [0.2, 0.25) is 0 Å². The molecule has 0 saturated heterocycles. The monoisotopic (exact) mass is 254 g/mol. The first-order valence-corrected chi connectivity index (χ1v) is 5.64. The zero-order valence-corrected chi connectivity index (χ0v) is 10.1. The molecule has 3 rings (SSSR count). The Morgan fingerprint density at radius 2 is 1.89 bits per heavy atom. The summed E-state index contributed by atoms with van der Waals surface area (Å²) in [5.74, 6) is -0.489. The largest absolute Gasteiger partial charge is 0.397 e. The van der Waals surface area contributed by atoms with Crippen LogP contribution >= 0.6 is 0 Å². The Hall–Kier alpha value is -2.76. The van der Waals surface area contributed by atoms with E-state index >= 15 is 0 Å². The molecule has 0 aromatic carbocycles. The number of nitrogen functional groups attached to an aromatic ring is 1. The van der Waals surface area contributed by atoms with E-state index in [9.17, 15) is 9.59 Å². The maximum Gasteiger partial charge on any atom is 0.268 e. The summed E-state index contributed by atoms with van der Waals surface area (Å²) in [7, 11) is 0. The van der Waals surface area contributed by atoms with E-state index in [0.29, 0.717) is 28.2 Å². The maximum atomic E-state index is 12.3. The van der Waals surface area contributed by atoms with E-state index in [-0.39, 0.29) is 5.91 Å². The quantitative estimate of drug-likeness (QED) is 0.771. The molecule has 0 spiro atoms. The number of hydrogen-bond acceptors (Lipinski definition) is 5. The number of amides is 2. The standard InChI is InChI=1S/C13H10N4O2/c1-7-4-8(14)5-16-11(7)17-12(18)9-2-3-15-6-10(9)13(17)19/h2-6H,14H2,1H3. The lowest BCUT2D eigenvalue weighted by Crippen LogP contribution is -2.31. The first-order chi connectivity index (χ1) is 9.09. The smallest absolute Gasteiger partial charge is 0.268 e. The third-order valence-corrected chi connectivity index (χ3v) is 2.97.